The first-order valence-corrected chi connectivity index (χ1v) is 11.8. The fourth-order valence-electron chi connectivity index (χ4n) is 2.66. The zero-order valence-corrected chi connectivity index (χ0v) is 18.1. The van der Waals surface area contributed by atoms with E-state index < -0.39 is 10.0 Å². The summed E-state index contributed by atoms with van der Waals surface area (Å²) in [6, 6.07) is 8.04. The minimum absolute atomic E-state index is 0.0331. The van der Waals surface area contributed by atoms with E-state index in [0.717, 1.165) is 21.6 Å². The van der Waals surface area contributed by atoms with Gasteiger partial charge in [-0.15, -0.1) is 11.3 Å². The van der Waals surface area contributed by atoms with Crippen molar-refractivity contribution in [1.29, 1.82) is 0 Å². The van der Waals surface area contributed by atoms with Crippen molar-refractivity contribution in [3.8, 4) is 0 Å². The van der Waals surface area contributed by atoms with E-state index in [1.807, 2.05) is 6.92 Å². The highest BCUT2D eigenvalue weighted by Gasteiger charge is 2.19. The summed E-state index contributed by atoms with van der Waals surface area (Å²) in [7, 11) is -3.78. The fourth-order valence-corrected chi connectivity index (χ4v) is 5.18. The normalized spacial score (nSPS) is 11.6. The van der Waals surface area contributed by atoms with E-state index in [9.17, 15) is 13.2 Å². The Kier molecular flexibility index (Phi) is 5.81. The van der Waals surface area contributed by atoms with Crippen molar-refractivity contribution in [2.24, 2.45) is 0 Å². The first-order valence-electron chi connectivity index (χ1n) is 8.78. The zero-order chi connectivity index (χ0) is 21.1. The van der Waals surface area contributed by atoms with Gasteiger partial charge in [0.1, 0.15) is 21.6 Å². The van der Waals surface area contributed by atoms with Crippen LogP contribution in [0.3, 0.4) is 0 Å². The second-order valence-corrected chi connectivity index (χ2v) is 9.88. The summed E-state index contributed by atoms with van der Waals surface area (Å²) in [5, 5.41) is 3.72. The molecule has 0 spiro atoms. The Balaban J connectivity index is 1.38. The maximum Gasteiger partial charge on any atom is 0.270 e. The number of carbonyl (C=O) groups is 1. The Morgan fingerprint density at radius 1 is 1.07 bits per heavy atom. The average Bonchev–Trinajstić information content (AvgIpc) is 3.39. The van der Waals surface area contributed by atoms with Gasteiger partial charge in [-0.1, -0.05) is 12.1 Å². The van der Waals surface area contributed by atoms with Crippen molar-refractivity contribution in [3.63, 3.8) is 0 Å². The molecule has 4 aromatic rings. The van der Waals surface area contributed by atoms with Gasteiger partial charge < -0.3 is 5.32 Å². The summed E-state index contributed by atoms with van der Waals surface area (Å²) < 4.78 is 36.0. The van der Waals surface area contributed by atoms with Crippen molar-refractivity contribution in [3.05, 3.63) is 63.9 Å². The molecule has 0 atom stereocenters. The highest BCUT2D eigenvalue weighted by Crippen LogP contribution is 2.21. The van der Waals surface area contributed by atoms with Gasteiger partial charge in [-0.25, -0.2) is 18.1 Å². The van der Waals surface area contributed by atoms with Crippen LogP contribution in [-0.4, -0.2) is 33.0 Å². The van der Waals surface area contributed by atoms with E-state index in [1.54, 1.807) is 30.5 Å². The quantitative estimate of drug-likeness (QED) is 0.433. The van der Waals surface area contributed by atoms with Gasteiger partial charge in [0.05, 0.1) is 23.3 Å². The minimum atomic E-state index is -3.78. The molecule has 0 fully saturated rings. The van der Waals surface area contributed by atoms with E-state index in [4.69, 9.17) is 0 Å². The number of nitrogens with one attached hydrogen (secondary N) is 2. The molecule has 12 heteroatoms. The lowest BCUT2D eigenvalue weighted by atomic mass is 10.2. The van der Waals surface area contributed by atoms with Crippen LogP contribution in [0.2, 0.25) is 0 Å². The van der Waals surface area contributed by atoms with E-state index >= 15 is 0 Å². The summed E-state index contributed by atoms with van der Waals surface area (Å²) >= 11 is 2.48. The Hall–Kier alpha value is -2.80. The summed E-state index contributed by atoms with van der Waals surface area (Å²) in [4.78, 5) is 21.5. The smallest absolute Gasteiger partial charge is 0.270 e. The molecule has 4 rings (SSSR count). The topological polar surface area (TPSA) is 127 Å². The molecule has 0 saturated carbocycles. The molecule has 1 amide bonds. The van der Waals surface area contributed by atoms with Crippen LogP contribution in [0.5, 0.6) is 0 Å². The summed E-state index contributed by atoms with van der Waals surface area (Å²) in [5.41, 5.74) is 1.75. The molecule has 3 aromatic heterocycles. The SMILES string of the molecule is Cc1ncc(CNC(=O)c2ccc(CNS(=O)(=O)c3cccc4nsnc34)cn2)s1. The molecule has 30 heavy (non-hydrogen) atoms. The predicted molar refractivity (Wildman–Crippen MR) is 114 cm³/mol. The van der Waals surface area contributed by atoms with Gasteiger partial charge in [0.15, 0.2) is 0 Å². The molecule has 2 N–H and O–H groups in total. The second kappa shape index (κ2) is 8.52. The largest absolute Gasteiger partial charge is 0.346 e. The number of thiazole rings is 1. The fraction of sp³-hybridized carbons (Fsp3) is 0.167. The number of amides is 1. The lowest BCUT2D eigenvalue weighted by Crippen LogP contribution is -2.25. The highest BCUT2D eigenvalue weighted by molar-refractivity contribution is 7.89. The van der Waals surface area contributed by atoms with Crippen molar-refractivity contribution in [1.82, 2.24) is 28.8 Å². The number of hydrogen-bond acceptors (Lipinski definition) is 9. The van der Waals surface area contributed by atoms with E-state index in [0.29, 0.717) is 23.1 Å². The summed E-state index contributed by atoms with van der Waals surface area (Å²) in [6.45, 7) is 2.31. The maximum absolute atomic E-state index is 12.7. The molecule has 154 valence electrons. The molecule has 0 unspecified atom stereocenters. The number of hydrogen-bond donors (Lipinski definition) is 2. The number of carbonyl (C=O) groups excluding carboxylic acids is 1. The van der Waals surface area contributed by atoms with Crippen LogP contribution in [0.15, 0.2) is 47.6 Å². The van der Waals surface area contributed by atoms with Gasteiger partial charge in [-0.2, -0.15) is 8.75 Å². The molecule has 3 heterocycles. The number of aryl methyl sites for hydroxylation is 1. The van der Waals surface area contributed by atoms with Crippen molar-refractivity contribution >= 4 is 50.0 Å². The predicted octanol–water partition coefficient (Wildman–Crippen LogP) is 2.26. The third-order valence-electron chi connectivity index (χ3n) is 4.15. The maximum atomic E-state index is 12.7. The molecule has 9 nitrogen and oxygen atoms in total. The van der Waals surface area contributed by atoms with Gasteiger partial charge in [-0.3, -0.25) is 9.78 Å². The molecular formula is C18H16N6O3S3. The van der Waals surface area contributed by atoms with Crippen LogP contribution in [0.4, 0.5) is 0 Å². The molecular weight excluding hydrogens is 444 g/mol. The van der Waals surface area contributed by atoms with Gasteiger partial charge in [0, 0.05) is 23.8 Å². The number of pyridine rings is 1. The minimum Gasteiger partial charge on any atom is -0.346 e. The van der Waals surface area contributed by atoms with Crippen LogP contribution in [0, 0.1) is 6.92 Å². The Bertz CT molecular complexity index is 1300. The first kappa shape index (κ1) is 20.5. The van der Waals surface area contributed by atoms with Gasteiger partial charge >= 0.3 is 0 Å². The first-order chi connectivity index (χ1) is 14.4. The molecule has 0 radical (unpaired) electrons. The molecule has 0 aliphatic carbocycles. The number of rotatable bonds is 7. The highest BCUT2D eigenvalue weighted by atomic mass is 32.2. The second-order valence-electron chi connectivity index (χ2n) is 6.29. The van der Waals surface area contributed by atoms with Crippen molar-refractivity contribution in [2.45, 2.75) is 24.9 Å². The Morgan fingerprint density at radius 2 is 1.93 bits per heavy atom. The zero-order valence-electron chi connectivity index (χ0n) is 15.7. The number of aromatic nitrogens is 4. The van der Waals surface area contributed by atoms with Gasteiger partial charge in [0.2, 0.25) is 10.0 Å². The monoisotopic (exact) mass is 460 g/mol. The van der Waals surface area contributed by atoms with Gasteiger partial charge in [0.25, 0.3) is 5.91 Å². The lowest BCUT2D eigenvalue weighted by Gasteiger charge is -2.08. The standard InChI is InChI=1S/C18H16N6O3S3/c1-11-19-9-13(28-11)10-21-18(25)15-6-5-12(7-20-15)8-22-30(26,27)16-4-2-3-14-17(16)24-29-23-14/h2-7,9,22H,8,10H2,1H3,(H,21,25). The van der Waals surface area contributed by atoms with Crippen molar-refractivity contribution < 1.29 is 13.2 Å². The number of fused-ring (bicyclic) bond motifs is 1. The molecule has 0 aliphatic rings. The van der Waals surface area contributed by atoms with Gasteiger partial charge in [-0.05, 0) is 30.7 Å². The average molecular weight is 461 g/mol. The molecule has 1 aromatic carbocycles. The van der Waals surface area contributed by atoms with Crippen LogP contribution < -0.4 is 10.0 Å². The molecule has 0 bridgehead atoms. The third-order valence-corrected chi connectivity index (χ3v) is 7.04. The molecule has 0 aliphatic heterocycles. The summed E-state index contributed by atoms with van der Waals surface area (Å²) in [6.07, 6.45) is 3.20. The lowest BCUT2D eigenvalue weighted by molar-refractivity contribution is 0.0946. The molecule has 0 saturated heterocycles. The van der Waals surface area contributed by atoms with Crippen LogP contribution in [0.1, 0.15) is 25.9 Å². The van der Waals surface area contributed by atoms with Crippen molar-refractivity contribution in [2.75, 3.05) is 0 Å². The Morgan fingerprint density at radius 3 is 2.67 bits per heavy atom. The van der Waals surface area contributed by atoms with Crippen LogP contribution >= 0.6 is 23.1 Å². The van der Waals surface area contributed by atoms with Crippen LogP contribution in [0.25, 0.3) is 11.0 Å². The van der Waals surface area contributed by atoms with Crippen LogP contribution in [-0.2, 0) is 23.1 Å². The van der Waals surface area contributed by atoms with E-state index in [-0.39, 0.29) is 23.0 Å². The van der Waals surface area contributed by atoms with E-state index in [2.05, 4.69) is 28.8 Å². The number of nitrogens with zero attached hydrogens (tertiary/aromatic N) is 4. The van der Waals surface area contributed by atoms with E-state index in [1.165, 1.54) is 23.6 Å². The number of benzene rings is 1. The Labute approximate surface area is 180 Å². The third kappa shape index (κ3) is 4.51. The number of sulfonamides is 1. The summed E-state index contributed by atoms with van der Waals surface area (Å²) in [5.74, 6) is -0.309.